The van der Waals surface area contributed by atoms with Crippen molar-refractivity contribution in [2.45, 2.75) is 38.3 Å². The van der Waals surface area contributed by atoms with E-state index in [1.54, 1.807) is 43.3 Å². The Morgan fingerprint density at radius 3 is 2.13 bits per heavy atom. The van der Waals surface area contributed by atoms with Crippen molar-refractivity contribution in [3.63, 3.8) is 0 Å². The summed E-state index contributed by atoms with van der Waals surface area (Å²) in [4.78, 5) is 27.7. The van der Waals surface area contributed by atoms with Gasteiger partial charge in [-0.25, -0.2) is 8.42 Å². The first kappa shape index (κ1) is 29.2. The van der Waals surface area contributed by atoms with Crippen LogP contribution in [-0.4, -0.2) is 51.4 Å². The van der Waals surface area contributed by atoms with Crippen LogP contribution >= 0.6 is 15.9 Å². The third kappa shape index (κ3) is 7.14. The van der Waals surface area contributed by atoms with Crippen molar-refractivity contribution in [2.75, 3.05) is 24.5 Å². The standard InChI is InChI=1S/C28H32BrN3O5S/c1-5-37-25-14-16-26(17-15-25)38(35,36)32(24-12-6-20(2)7-13-24)19-27(33)31(21(3)28(34)30-4)18-22-8-10-23(29)11-9-22/h6-17,21H,5,18-19H2,1-4H3,(H,30,34)/t21-/m1/s1. The van der Waals surface area contributed by atoms with Gasteiger partial charge in [-0.1, -0.05) is 45.8 Å². The molecule has 8 nitrogen and oxygen atoms in total. The van der Waals surface area contributed by atoms with Gasteiger partial charge < -0.3 is 15.0 Å². The van der Waals surface area contributed by atoms with Crippen molar-refractivity contribution in [3.8, 4) is 5.75 Å². The molecule has 1 atom stereocenters. The van der Waals surface area contributed by atoms with Gasteiger partial charge in [-0.05, 0) is 74.9 Å². The highest BCUT2D eigenvalue weighted by molar-refractivity contribution is 9.10. The summed E-state index contributed by atoms with van der Waals surface area (Å²) in [6, 6.07) is 19.5. The molecule has 0 aromatic heterocycles. The van der Waals surface area contributed by atoms with Gasteiger partial charge in [-0.2, -0.15) is 0 Å². The van der Waals surface area contributed by atoms with Gasteiger partial charge in [0.1, 0.15) is 18.3 Å². The van der Waals surface area contributed by atoms with Crippen LogP contribution in [0.2, 0.25) is 0 Å². The van der Waals surface area contributed by atoms with Crippen LogP contribution in [0.5, 0.6) is 5.75 Å². The molecule has 0 saturated carbocycles. The van der Waals surface area contributed by atoms with Gasteiger partial charge in [-0.3, -0.25) is 13.9 Å². The lowest BCUT2D eigenvalue weighted by atomic mass is 10.1. The van der Waals surface area contributed by atoms with Gasteiger partial charge in [0.2, 0.25) is 11.8 Å². The van der Waals surface area contributed by atoms with Gasteiger partial charge in [0, 0.05) is 18.1 Å². The van der Waals surface area contributed by atoms with E-state index in [9.17, 15) is 18.0 Å². The Balaban J connectivity index is 2.00. The minimum absolute atomic E-state index is 0.0214. The number of benzene rings is 3. The Kier molecular flexibility index (Phi) is 9.93. The fraction of sp³-hybridized carbons (Fsp3) is 0.286. The number of sulfonamides is 1. The molecule has 0 spiro atoms. The van der Waals surface area contributed by atoms with E-state index in [4.69, 9.17) is 4.74 Å². The third-order valence-corrected chi connectivity index (χ3v) is 8.32. The molecule has 38 heavy (non-hydrogen) atoms. The minimum Gasteiger partial charge on any atom is -0.494 e. The average molecular weight is 603 g/mol. The summed E-state index contributed by atoms with van der Waals surface area (Å²) in [5, 5.41) is 2.57. The SMILES string of the molecule is CCOc1ccc(S(=O)(=O)N(CC(=O)N(Cc2ccc(Br)cc2)[C@H](C)C(=O)NC)c2ccc(C)cc2)cc1. The lowest BCUT2D eigenvalue weighted by Crippen LogP contribution is -2.50. The molecule has 10 heteroatoms. The van der Waals surface area contributed by atoms with E-state index in [0.717, 1.165) is 19.9 Å². The molecule has 0 bridgehead atoms. The summed E-state index contributed by atoms with van der Waals surface area (Å²) in [6.45, 7) is 5.45. The summed E-state index contributed by atoms with van der Waals surface area (Å²) in [5.74, 6) is -0.324. The maximum Gasteiger partial charge on any atom is 0.264 e. The Morgan fingerprint density at radius 2 is 1.58 bits per heavy atom. The third-order valence-electron chi connectivity index (χ3n) is 6.00. The number of rotatable bonds is 11. The molecular formula is C28H32BrN3O5S. The van der Waals surface area contributed by atoms with Crippen LogP contribution in [0.15, 0.2) is 82.2 Å². The van der Waals surface area contributed by atoms with Crippen molar-refractivity contribution in [3.05, 3.63) is 88.4 Å². The average Bonchev–Trinajstić information content (AvgIpc) is 2.91. The monoisotopic (exact) mass is 601 g/mol. The normalized spacial score (nSPS) is 11.9. The molecule has 3 aromatic rings. The number of nitrogens with one attached hydrogen (secondary N) is 1. The molecule has 1 N–H and O–H groups in total. The Labute approximate surface area is 232 Å². The van der Waals surface area contributed by atoms with Gasteiger partial charge in [0.25, 0.3) is 10.0 Å². The summed E-state index contributed by atoms with van der Waals surface area (Å²) in [6.07, 6.45) is 0. The minimum atomic E-state index is -4.13. The second kappa shape index (κ2) is 12.9. The Bertz CT molecular complexity index is 1340. The summed E-state index contributed by atoms with van der Waals surface area (Å²) < 4.78 is 35.1. The van der Waals surface area contributed by atoms with Gasteiger partial charge in [0.15, 0.2) is 0 Å². The van der Waals surface area contributed by atoms with Gasteiger partial charge >= 0.3 is 0 Å². The van der Waals surface area contributed by atoms with E-state index in [2.05, 4.69) is 21.2 Å². The zero-order valence-electron chi connectivity index (χ0n) is 21.8. The summed E-state index contributed by atoms with van der Waals surface area (Å²) in [7, 11) is -2.64. The summed E-state index contributed by atoms with van der Waals surface area (Å²) in [5.41, 5.74) is 2.09. The predicted octanol–water partition coefficient (Wildman–Crippen LogP) is 4.51. The van der Waals surface area contributed by atoms with Crippen LogP contribution in [0.4, 0.5) is 5.69 Å². The lowest BCUT2D eigenvalue weighted by molar-refractivity contribution is -0.139. The number of anilines is 1. The Morgan fingerprint density at radius 1 is 0.974 bits per heavy atom. The smallest absolute Gasteiger partial charge is 0.264 e. The van der Waals surface area contributed by atoms with Crippen molar-refractivity contribution >= 4 is 43.5 Å². The van der Waals surface area contributed by atoms with Crippen molar-refractivity contribution < 1.29 is 22.7 Å². The first-order chi connectivity index (χ1) is 18.1. The van der Waals surface area contributed by atoms with Gasteiger partial charge in [0.05, 0.1) is 17.2 Å². The molecule has 0 fully saturated rings. The number of ether oxygens (including phenoxy) is 1. The zero-order valence-corrected chi connectivity index (χ0v) is 24.3. The number of hydrogen-bond donors (Lipinski definition) is 1. The number of likely N-dealkylation sites (N-methyl/N-ethyl adjacent to an activating group) is 1. The van der Waals surface area contributed by atoms with E-state index >= 15 is 0 Å². The zero-order chi connectivity index (χ0) is 27.9. The molecule has 202 valence electrons. The molecule has 3 rings (SSSR count). The molecular weight excluding hydrogens is 570 g/mol. The van der Waals surface area contributed by atoms with Crippen molar-refractivity contribution in [1.29, 1.82) is 0 Å². The molecule has 0 aliphatic heterocycles. The topological polar surface area (TPSA) is 96.0 Å². The maximum atomic E-state index is 13.8. The van der Waals surface area contributed by atoms with Crippen LogP contribution < -0.4 is 14.4 Å². The van der Waals surface area contributed by atoms with Crippen molar-refractivity contribution in [1.82, 2.24) is 10.2 Å². The van der Waals surface area contributed by atoms with E-state index in [0.29, 0.717) is 18.0 Å². The molecule has 0 unspecified atom stereocenters. The molecule has 0 aliphatic rings. The second-order valence-corrected chi connectivity index (χ2v) is 11.5. The number of halogens is 1. The number of nitrogens with zero attached hydrogens (tertiary/aromatic N) is 2. The lowest BCUT2D eigenvalue weighted by Gasteiger charge is -2.31. The molecule has 3 aromatic carbocycles. The van der Waals surface area contributed by atoms with Crippen LogP contribution in [0, 0.1) is 6.92 Å². The van der Waals surface area contributed by atoms with E-state index in [-0.39, 0.29) is 17.3 Å². The first-order valence-corrected chi connectivity index (χ1v) is 14.4. The molecule has 0 saturated heterocycles. The van der Waals surface area contributed by atoms with E-state index < -0.39 is 28.5 Å². The Hall–Kier alpha value is -3.37. The predicted molar refractivity (Wildman–Crippen MR) is 152 cm³/mol. The van der Waals surface area contributed by atoms with Crippen LogP contribution in [0.25, 0.3) is 0 Å². The van der Waals surface area contributed by atoms with Crippen LogP contribution in [0.1, 0.15) is 25.0 Å². The van der Waals surface area contributed by atoms with Crippen LogP contribution in [-0.2, 0) is 26.2 Å². The number of carbonyl (C=O) groups excluding carboxylic acids is 2. The fourth-order valence-electron chi connectivity index (χ4n) is 3.82. The second-order valence-electron chi connectivity index (χ2n) is 8.69. The molecule has 0 aliphatic carbocycles. The van der Waals surface area contributed by atoms with Gasteiger partial charge in [-0.15, -0.1) is 0 Å². The molecule has 2 amide bonds. The fourth-order valence-corrected chi connectivity index (χ4v) is 5.50. The highest BCUT2D eigenvalue weighted by atomic mass is 79.9. The van der Waals surface area contributed by atoms with E-state index in [1.807, 2.05) is 38.1 Å². The highest BCUT2D eigenvalue weighted by Crippen LogP contribution is 2.26. The molecule has 0 radical (unpaired) electrons. The molecule has 0 heterocycles. The van der Waals surface area contributed by atoms with E-state index in [1.165, 1.54) is 24.1 Å². The van der Waals surface area contributed by atoms with Crippen LogP contribution in [0.3, 0.4) is 0 Å². The quantitative estimate of drug-likeness (QED) is 0.349. The number of amides is 2. The number of carbonyl (C=O) groups is 2. The summed E-state index contributed by atoms with van der Waals surface area (Å²) >= 11 is 3.40. The number of hydrogen-bond acceptors (Lipinski definition) is 5. The maximum absolute atomic E-state index is 13.8. The number of aryl methyl sites for hydroxylation is 1. The first-order valence-electron chi connectivity index (χ1n) is 12.1. The van der Waals surface area contributed by atoms with Crippen molar-refractivity contribution in [2.24, 2.45) is 0 Å². The highest BCUT2D eigenvalue weighted by Gasteiger charge is 2.32. The largest absolute Gasteiger partial charge is 0.494 e.